The summed E-state index contributed by atoms with van der Waals surface area (Å²) in [6.45, 7) is 3.63. The Balaban J connectivity index is 3.04. The van der Waals surface area contributed by atoms with Crippen LogP contribution in [0.4, 0.5) is 0 Å². The Morgan fingerprint density at radius 3 is 2.47 bits per heavy atom. The fraction of sp³-hybridized carbons (Fsp3) is 0.857. The van der Waals surface area contributed by atoms with E-state index in [9.17, 15) is 0 Å². The second-order valence-corrected chi connectivity index (χ2v) is 3.98. The van der Waals surface area contributed by atoms with Gasteiger partial charge in [-0.15, -0.1) is 0 Å². The highest BCUT2D eigenvalue weighted by molar-refractivity contribution is 4.90. The lowest BCUT2D eigenvalue weighted by Gasteiger charge is -1.99. The van der Waals surface area contributed by atoms with Gasteiger partial charge in [-0.2, -0.15) is 0 Å². The molecule has 3 heteroatoms. The largest absolute Gasteiger partial charge is 0.444 e. The van der Waals surface area contributed by atoms with E-state index in [1.807, 2.05) is 0 Å². The van der Waals surface area contributed by atoms with Crippen molar-refractivity contribution in [2.24, 2.45) is 0 Å². The molecule has 0 spiro atoms. The minimum atomic E-state index is 0.0592. The lowest BCUT2D eigenvalue weighted by molar-refractivity contribution is 0.0642. The molecule has 0 aromatic carbocycles. The van der Waals surface area contributed by atoms with Crippen molar-refractivity contribution in [3.8, 4) is 12.0 Å². The van der Waals surface area contributed by atoms with E-state index in [2.05, 4.69) is 19.0 Å². The molecule has 3 nitrogen and oxygen atoms in total. The molecule has 0 saturated heterocycles. The molecule has 0 amide bonds. The lowest BCUT2D eigenvalue weighted by atomic mass is 10.1. The van der Waals surface area contributed by atoms with E-state index in [0.717, 1.165) is 6.42 Å². The molecule has 0 unspecified atom stereocenters. The summed E-state index contributed by atoms with van der Waals surface area (Å²) in [6.07, 6.45) is 11.4. The fourth-order valence-corrected chi connectivity index (χ4v) is 1.41. The predicted octanol–water partition coefficient (Wildman–Crippen LogP) is 2.72. The maximum atomic E-state index is 8.45. The Bertz CT molecular complexity index is 193. The summed E-state index contributed by atoms with van der Waals surface area (Å²) in [5, 5.41) is 8.45. The monoisotopic (exact) mass is 242 g/mol. The smallest absolute Gasteiger partial charge is 0.123 e. The molecule has 1 N–H and O–H groups in total. The molecular weight excluding hydrogens is 216 g/mol. The van der Waals surface area contributed by atoms with Gasteiger partial charge in [0.2, 0.25) is 0 Å². The number of rotatable bonds is 11. The van der Waals surface area contributed by atoms with E-state index in [0.29, 0.717) is 19.8 Å². The van der Waals surface area contributed by atoms with Crippen LogP contribution in [0.25, 0.3) is 0 Å². The van der Waals surface area contributed by atoms with Crippen molar-refractivity contribution in [2.45, 2.75) is 51.9 Å². The third-order valence-corrected chi connectivity index (χ3v) is 2.37. The maximum absolute atomic E-state index is 8.45. The Morgan fingerprint density at radius 1 is 0.941 bits per heavy atom. The molecule has 17 heavy (non-hydrogen) atoms. The molecule has 0 bridgehead atoms. The highest BCUT2D eigenvalue weighted by Gasteiger charge is 1.88. The van der Waals surface area contributed by atoms with Crippen molar-refractivity contribution in [1.29, 1.82) is 0 Å². The second kappa shape index (κ2) is 15.3. The Labute approximate surface area is 106 Å². The summed E-state index contributed by atoms with van der Waals surface area (Å²) in [7, 11) is 0. The zero-order valence-corrected chi connectivity index (χ0v) is 11.0. The summed E-state index contributed by atoms with van der Waals surface area (Å²) < 4.78 is 10.1. The van der Waals surface area contributed by atoms with Gasteiger partial charge >= 0.3 is 0 Å². The first-order chi connectivity index (χ1) is 8.41. The average molecular weight is 242 g/mol. The normalized spacial score (nSPS) is 9.76. The fourth-order valence-electron chi connectivity index (χ4n) is 1.41. The molecular formula is C14H26O3. The Morgan fingerprint density at radius 2 is 1.71 bits per heavy atom. The zero-order chi connectivity index (χ0) is 12.6. The lowest BCUT2D eigenvalue weighted by Crippen LogP contribution is -2.05. The van der Waals surface area contributed by atoms with Crippen LogP contribution >= 0.6 is 0 Å². The zero-order valence-electron chi connectivity index (χ0n) is 11.0. The quantitative estimate of drug-likeness (QED) is 0.447. The van der Waals surface area contributed by atoms with Crippen LogP contribution in [-0.4, -0.2) is 31.5 Å². The molecule has 0 heterocycles. The molecule has 0 aliphatic carbocycles. The number of aliphatic hydroxyl groups is 1. The van der Waals surface area contributed by atoms with Gasteiger partial charge < -0.3 is 14.6 Å². The predicted molar refractivity (Wildman–Crippen MR) is 69.6 cm³/mol. The highest BCUT2D eigenvalue weighted by Crippen LogP contribution is 2.05. The van der Waals surface area contributed by atoms with Gasteiger partial charge in [0.25, 0.3) is 0 Å². The van der Waals surface area contributed by atoms with Crippen LogP contribution < -0.4 is 0 Å². The van der Waals surface area contributed by atoms with Crippen LogP contribution in [0.5, 0.6) is 0 Å². The average Bonchev–Trinajstić information content (AvgIpc) is 2.35. The van der Waals surface area contributed by atoms with E-state index in [4.69, 9.17) is 14.6 Å². The van der Waals surface area contributed by atoms with Crippen molar-refractivity contribution in [3.63, 3.8) is 0 Å². The van der Waals surface area contributed by atoms with Gasteiger partial charge in [-0.1, -0.05) is 44.9 Å². The van der Waals surface area contributed by atoms with E-state index in [1.165, 1.54) is 38.5 Å². The molecule has 0 aromatic heterocycles. The van der Waals surface area contributed by atoms with Gasteiger partial charge in [0.1, 0.15) is 12.7 Å². The van der Waals surface area contributed by atoms with Crippen LogP contribution in [0, 0.1) is 12.0 Å². The number of ether oxygens (including phenoxy) is 2. The third-order valence-electron chi connectivity index (χ3n) is 2.37. The molecule has 0 aromatic rings. The van der Waals surface area contributed by atoms with Crippen LogP contribution in [0.1, 0.15) is 51.9 Å². The highest BCUT2D eigenvalue weighted by atomic mass is 16.5. The van der Waals surface area contributed by atoms with Crippen LogP contribution in [0.3, 0.4) is 0 Å². The second-order valence-electron chi connectivity index (χ2n) is 3.98. The van der Waals surface area contributed by atoms with Gasteiger partial charge in [0.05, 0.1) is 19.8 Å². The van der Waals surface area contributed by atoms with Crippen molar-refractivity contribution in [3.05, 3.63) is 0 Å². The molecule has 0 aliphatic rings. The van der Waals surface area contributed by atoms with E-state index < -0.39 is 0 Å². The summed E-state index contributed by atoms with van der Waals surface area (Å²) in [4.78, 5) is 0. The molecule has 100 valence electrons. The Kier molecular flexibility index (Phi) is 14.6. The number of unbranched alkanes of at least 4 members (excludes halogenated alkanes) is 6. The molecule has 0 atom stereocenters. The summed E-state index contributed by atoms with van der Waals surface area (Å²) in [6, 6.07) is 0. The van der Waals surface area contributed by atoms with Gasteiger partial charge in [-0.3, -0.25) is 0 Å². The SMILES string of the molecule is CCCCCCCCC#COCCOCCO. The first-order valence-electron chi connectivity index (χ1n) is 6.70. The summed E-state index contributed by atoms with van der Waals surface area (Å²) >= 11 is 0. The number of hydrogen-bond acceptors (Lipinski definition) is 3. The Hall–Kier alpha value is -0.720. The number of hydrogen-bond donors (Lipinski definition) is 1. The first-order valence-corrected chi connectivity index (χ1v) is 6.70. The van der Waals surface area contributed by atoms with Gasteiger partial charge in [-0.05, 0) is 6.42 Å². The third kappa shape index (κ3) is 15.3. The maximum Gasteiger partial charge on any atom is 0.123 e. The summed E-state index contributed by atoms with van der Waals surface area (Å²) in [5.74, 6) is 2.99. The minimum absolute atomic E-state index is 0.0592. The molecule has 0 radical (unpaired) electrons. The molecule has 0 rings (SSSR count). The van der Waals surface area contributed by atoms with E-state index in [-0.39, 0.29) is 6.61 Å². The minimum Gasteiger partial charge on any atom is -0.444 e. The van der Waals surface area contributed by atoms with E-state index >= 15 is 0 Å². The van der Waals surface area contributed by atoms with Crippen molar-refractivity contribution in [2.75, 3.05) is 26.4 Å². The van der Waals surface area contributed by atoms with Gasteiger partial charge in [-0.25, -0.2) is 0 Å². The molecule has 0 fully saturated rings. The summed E-state index contributed by atoms with van der Waals surface area (Å²) in [5.41, 5.74) is 0. The first kappa shape index (κ1) is 16.3. The van der Waals surface area contributed by atoms with Crippen molar-refractivity contribution < 1.29 is 14.6 Å². The van der Waals surface area contributed by atoms with Crippen molar-refractivity contribution in [1.82, 2.24) is 0 Å². The topological polar surface area (TPSA) is 38.7 Å². The van der Waals surface area contributed by atoms with Gasteiger partial charge in [0, 0.05) is 6.42 Å². The van der Waals surface area contributed by atoms with E-state index in [1.54, 1.807) is 0 Å². The molecule has 0 saturated carbocycles. The van der Waals surface area contributed by atoms with Gasteiger partial charge in [0.15, 0.2) is 0 Å². The standard InChI is InChI=1S/C14H26O3/c1-2-3-4-5-6-7-8-9-11-16-13-14-17-12-10-15/h15H,2-8,10,12-14H2,1H3. The van der Waals surface area contributed by atoms with Crippen LogP contribution in [0.15, 0.2) is 0 Å². The van der Waals surface area contributed by atoms with Crippen LogP contribution in [-0.2, 0) is 9.47 Å². The number of aliphatic hydroxyl groups excluding tert-OH is 1. The van der Waals surface area contributed by atoms with Crippen LogP contribution in [0.2, 0.25) is 0 Å². The molecule has 0 aliphatic heterocycles. The van der Waals surface area contributed by atoms with Crippen molar-refractivity contribution >= 4 is 0 Å².